The number of para-hydroxylation sites is 2. The van der Waals surface area contributed by atoms with E-state index in [-0.39, 0.29) is 0 Å². The number of rotatable bonds is 7. The molecule has 9 aromatic carbocycles. The molecule has 1 aliphatic carbocycles. The number of hydrogen-bond acceptors (Lipinski definition) is 1. The number of benzene rings is 9. The second-order valence-electron chi connectivity index (χ2n) is 15.2. The van der Waals surface area contributed by atoms with Gasteiger partial charge in [0.2, 0.25) is 0 Å². The van der Waals surface area contributed by atoms with Gasteiger partial charge in [-0.2, -0.15) is 0 Å². The molecule has 0 spiro atoms. The van der Waals surface area contributed by atoms with Gasteiger partial charge in [0.05, 0.1) is 11.2 Å². The largest absolute Gasteiger partial charge is 0.313 e. The molecule has 0 N–H and O–H groups in total. The molecule has 10 aromatic rings. The van der Waals surface area contributed by atoms with Crippen LogP contribution in [0, 0.1) is 0 Å². The molecular weight excluding hydrogens is 701 g/mol. The van der Waals surface area contributed by atoms with Crippen molar-refractivity contribution in [3.05, 3.63) is 224 Å². The molecule has 0 saturated heterocycles. The molecular formula is C56H40N2. The van der Waals surface area contributed by atoms with Crippen molar-refractivity contribution < 1.29 is 0 Å². The first kappa shape index (κ1) is 33.9. The number of hydrogen-bond donors (Lipinski definition) is 0. The monoisotopic (exact) mass is 740 g/mol. The molecule has 0 radical (unpaired) electrons. The molecule has 0 aliphatic heterocycles. The molecule has 1 heterocycles. The topological polar surface area (TPSA) is 8.17 Å². The maximum Gasteiger partial charge on any atom is 0.0540 e. The van der Waals surface area contributed by atoms with Crippen LogP contribution >= 0.6 is 0 Å². The Balaban J connectivity index is 1.05. The van der Waals surface area contributed by atoms with Crippen LogP contribution in [0.25, 0.3) is 77.6 Å². The van der Waals surface area contributed by atoms with Crippen molar-refractivity contribution in [2.75, 3.05) is 4.90 Å². The predicted octanol–water partition coefficient (Wildman–Crippen LogP) is 15.4. The zero-order valence-corrected chi connectivity index (χ0v) is 32.1. The first-order valence-corrected chi connectivity index (χ1v) is 20.2. The van der Waals surface area contributed by atoms with Crippen molar-refractivity contribution >= 4 is 55.6 Å². The van der Waals surface area contributed by atoms with Gasteiger partial charge >= 0.3 is 0 Å². The van der Waals surface area contributed by atoms with Gasteiger partial charge in [0.25, 0.3) is 0 Å². The Bertz CT molecular complexity index is 3150. The van der Waals surface area contributed by atoms with Crippen LogP contribution in [0.2, 0.25) is 0 Å². The zero-order chi connectivity index (χ0) is 38.4. The summed E-state index contributed by atoms with van der Waals surface area (Å²) in [5, 5.41) is 6.32. The number of allylic oxidation sites excluding steroid dienone is 1. The first-order valence-electron chi connectivity index (χ1n) is 20.2. The molecule has 1 aromatic heterocycles. The van der Waals surface area contributed by atoms with Gasteiger partial charge in [-0.25, -0.2) is 0 Å². The molecule has 0 saturated carbocycles. The van der Waals surface area contributed by atoms with Gasteiger partial charge < -0.3 is 9.47 Å². The van der Waals surface area contributed by atoms with Crippen molar-refractivity contribution in [3.8, 4) is 39.1 Å². The smallest absolute Gasteiger partial charge is 0.0540 e. The normalized spacial score (nSPS) is 12.3. The summed E-state index contributed by atoms with van der Waals surface area (Å²) in [4.78, 5) is 2.42. The van der Waals surface area contributed by atoms with Crippen LogP contribution in [-0.4, -0.2) is 4.57 Å². The van der Waals surface area contributed by atoms with E-state index in [0.29, 0.717) is 0 Å². The van der Waals surface area contributed by atoms with Crippen molar-refractivity contribution in [2.24, 2.45) is 0 Å². The summed E-state index contributed by atoms with van der Waals surface area (Å²) in [6.07, 6.45) is 6.72. The van der Waals surface area contributed by atoms with Crippen LogP contribution in [0.1, 0.15) is 17.7 Å². The summed E-state index contributed by atoms with van der Waals surface area (Å²) in [5.41, 5.74) is 15.7. The van der Waals surface area contributed by atoms with Crippen molar-refractivity contribution in [2.45, 2.75) is 12.8 Å². The van der Waals surface area contributed by atoms with Gasteiger partial charge in [0, 0.05) is 39.3 Å². The van der Waals surface area contributed by atoms with E-state index in [2.05, 4.69) is 228 Å². The molecule has 0 bridgehead atoms. The fraction of sp³-hybridized carbons (Fsp3) is 0.0357. The van der Waals surface area contributed by atoms with Crippen molar-refractivity contribution in [1.82, 2.24) is 4.57 Å². The second-order valence-corrected chi connectivity index (χ2v) is 15.2. The molecule has 0 atom stereocenters. The number of aromatic nitrogens is 1. The summed E-state index contributed by atoms with van der Waals surface area (Å²) in [7, 11) is 0. The van der Waals surface area contributed by atoms with Gasteiger partial charge in [-0.05, 0) is 111 Å². The summed E-state index contributed by atoms with van der Waals surface area (Å²) in [6, 6.07) is 75.4. The van der Waals surface area contributed by atoms with Crippen LogP contribution in [-0.2, 0) is 6.42 Å². The predicted molar refractivity (Wildman–Crippen MR) is 247 cm³/mol. The van der Waals surface area contributed by atoms with Crippen LogP contribution in [0.5, 0.6) is 0 Å². The van der Waals surface area contributed by atoms with E-state index in [1.807, 2.05) is 0 Å². The Morgan fingerprint density at radius 3 is 1.74 bits per heavy atom. The fourth-order valence-corrected chi connectivity index (χ4v) is 9.15. The average Bonchev–Trinajstić information content (AvgIpc) is 3.64. The number of fused-ring (bicyclic) bond motifs is 5. The molecule has 0 amide bonds. The van der Waals surface area contributed by atoms with Crippen LogP contribution < -0.4 is 4.90 Å². The zero-order valence-electron chi connectivity index (χ0n) is 32.1. The number of nitrogens with zero attached hydrogens (tertiary/aromatic N) is 2. The summed E-state index contributed by atoms with van der Waals surface area (Å²) in [6.45, 7) is 0. The van der Waals surface area contributed by atoms with E-state index in [9.17, 15) is 0 Å². The highest BCUT2D eigenvalue weighted by molar-refractivity contribution is 5.99. The quantitative estimate of drug-likeness (QED) is 0.158. The SMILES string of the molecule is C1=Cc2c(n(-c3ccc(-c4ccccc4N(c4ccc(-c5cccc6ccccc56)cc4)c4cccc(-c5cccc6ccccc56)c4)cc3)c3ccccc23)CC1. The van der Waals surface area contributed by atoms with Gasteiger partial charge in [0.1, 0.15) is 0 Å². The lowest BCUT2D eigenvalue weighted by atomic mass is 9.96. The maximum atomic E-state index is 2.46. The van der Waals surface area contributed by atoms with Crippen LogP contribution in [0.4, 0.5) is 17.1 Å². The Kier molecular flexibility index (Phi) is 8.33. The minimum Gasteiger partial charge on any atom is -0.313 e. The molecule has 0 unspecified atom stereocenters. The molecule has 58 heavy (non-hydrogen) atoms. The fourth-order valence-electron chi connectivity index (χ4n) is 9.15. The van der Waals surface area contributed by atoms with Crippen molar-refractivity contribution in [3.63, 3.8) is 0 Å². The lowest BCUT2D eigenvalue weighted by Crippen LogP contribution is -2.11. The molecule has 2 heteroatoms. The Morgan fingerprint density at radius 2 is 0.983 bits per heavy atom. The first-order chi connectivity index (χ1) is 28.8. The lowest BCUT2D eigenvalue weighted by molar-refractivity contribution is 0.888. The van der Waals surface area contributed by atoms with Gasteiger partial charge in [-0.1, -0.05) is 170 Å². The van der Waals surface area contributed by atoms with E-state index >= 15 is 0 Å². The van der Waals surface area contributed by atoms with Crippen LogP contribution in [0.3, 0.4) is 0 Å². The Morgan fingerprint density at radius 1 is 0.414 bits per heavy atom. The molecule has 2 nitrogen and oxygen atoms in total. The second kappa shape index (κ2) is 14.3. The third kappa shape index (κ3) is 5.81. The minimum atomic E-state index is 1.04. The highest BCUT2D eigenvalue weighted by Crippen LogP contribution is 2.44. The van der Waals surface area contributed by atoms with Crippen LogP contribution in [0.15, 0.2) is 212 Å². The summed E-state index contributed by atoms with van der Waals surface area (Å²) >= 11 is 0. The van der Waals surface area contributed by atoms with Crippen molar-refractivity contribution in [1.29, 1.82) is 0 Å². The van der Waals surface area contributed by atoms with E-state index in [1.54, 1.807) is 0 Å². The van der Waals surface area contributed by atoms with E-state index in [1.165, 1.54) is 82.8 Å². The number of anilines is 3. The van der Waals surface area contributed by atoms with E-state index in [4.69, 9.17) is 0 Å². The average molecular weight is 741 g/mol. The molecule has 1 aliphatic rings. The van der Waals surface area contributed by atoms with Gasteiger partial charge in [-0.3, -0.25) is 0 Å². The molecule has 274 valence electrons. The summed E-state index contributed by atoms with van der Waals surface area (Å²) < 4.78 is 2.46. The Hall–Kier alpha value is -7.42. The third-order valence-corrected chi connectivity index (χ3v) is 11.9. The molecule has 11 rings (SSSR count). The van der Waals surface area contributed by atoms with Gasteiger partial charge in [0.15, 0.2) is 0 Å². The highest BCUT2D eigenvalue weighted by Gasteiger charge is 2.21. The lowest BCUT2D eigenvalue weighted by Gasteiger charge is -2.28. The molecule has 0 fully saturated rings. The highest BCUT2D eigenvalue weighted by atomic mass is 15.1. The minimum absolute atomic E-state index is 1.04. The Labute approximate surface area is 339 Å². The summed E-state index contributed by atoms with van der Waals surface area (Å²) in [5.74, 6) is 0. The van der Waals surface area contributed by atoms with E-state index < -0.39 is 0 Å². The maximum absolute atomic E-state index is 2.46. The van der Waals surface area contributed by atoms with Gasteiger partial charge in [-0.15, -0.1) is 0 Å². The third-order valence-electron chi connectivity index (χ3n) is 11.9. The van der Waals surface area contributed by atoms with E-state index in [0.717, 1.165) is 29.9 Å². The standard InChI is InChI=1S/C56H40N2/c1-3-20-47-39(14-1)16-12-25-49(47)41-30-34-44(35-31-41)57(46-19-11-18-43(38-46)50-26-13-17-40-15-2-4-21-48(40)50)54-27-8-5-22-51(54)42-32-36-45(37-33-42)58-55-28-9-6-23-52(55)53-24-7-10-29-56(53)58/h1-9,11-28,30-38H,10,29H2.